The summed E-state index contributed by atoms with van der Waals surface area (Å²) >= 11 is 5.88. The molecule has 2 aromatic carbocycles. The van der Waals surface area contributed by atoms with Gasteiger partial charge in [0, 0.05) is 23.3 Å². The summed E-state index contributed by atoms with van der Waals surface area (Å²) in [5, 5.41) is 3.48. The molecule has 0 fully saturated rings. The molecule has 0 spiro atoms. The second-order valence-electron chi connectivity index (χ2n) is 6.40. The zero-order valence-corrected chi connectivity index (χ0v) is 17.8. The molecule has 0 aliphatic heterocycles. The average molecular weight is 425 g/mol. The molecule has 1 N–H and O–H groups in total. The van der Waals surface area contributed by atoms with Crippen LogP contribution in [0.1, 0.15) is 32.8 Å². The van der Waals surface area contributed by atoms with Crippen molar-refractivity contribution in [3.8, 4) is 5.75 Å². The Hall–Kier alpha value is -2.25. The number of nitrogens with one attached hydrogen (secondary N) is 1. The third-order valence-electron chi connectivity index (χ3n) is 4.33. The Kier molecular flexibility index (Phi) is 7.71. The smallest absolute Gasteiger partial charge is 0.322 e. The Balaban J connectivity index is 2.11. The largest absolute Gasteiger partial charge is 0.382 e. The summed E-state index contributed by atoms with van der Waals surface area (Å²) in [6.45, 7) is 5.90. The van der Waals surface area contributed by atoms with Crippen LogP contribution in [-0.4, -0.2) is 31.1 Å². The lowest BCUT2D eigenvalue weighted by atomic mass is 10.1. The van der Waals surface area contributed by atoms with Crippen molar-refractivity contribution in [1.82, 2.24) is 4.90 Å². The van der Waals surface area contributed by atoms with Gasteiger partial charge in [-0.3, -0.25) is 0 Å². The molecule has 0 saturated heterocycles. The number of carbonyl (C=O) groups excluding carboxylic acids is 1. The molecule has 2 aromatic rings. The Morgan fingerprint density at radius 3 is 2.25 bits per heavy atom. The molecule has 0 saturated carbocycles. The number of urea groups is 1. The van der Waals surface area contributed by atoms with Crippen LogP contribution in [0.3, 0.4) is 0 Å². The van der Waals surface area contributed by atoms with Gasteiger partial charge in [-0.2, -0.15) is 8.42 Å². The van der Waals surface area contributed by atoms with E-state index in [0.29, 0.717) is 17.3 Å². The lowest BCUT2D eigenvalue weighted by Gasteiger charge is -2.29. The molecule has 6 nitrogen and oxygen atoms in total. The molecule has 0 unspecified atom stereocenters. The van der Waals surface area contributed by atoms with Crippen LogP contribution >= 0.6 is 11.6 Å². The molecule has 2 rings (SSSR count). The van der Waals surface area contributed by atoms with Crippen molar-refractivity contribution in [2.45, 2.75) is 39.8 Å². The third-order valence-corrected chi connectivity index (χ3v) is 5.74. The quantitative estimate of drug-likeness (QED) is 0.611. The molecule has 28 heavy (non-hydrogen) atoms. The fourth-order valence-corrected chi connectivity index (χ4v) is 3.08. The van der Waals surface area contributed by atoms with Crippen LogP contribution in [0.2, 0.25) is 5.02 Å². The van der Waals surface area contributed by atoms with Crippen LogP contribution in [0.5, 0.6) is 5.75 Å². The minimum Gasteiger partial charge on any atom is -0.382 e. The Labute approximate surface area is 171 Å². The van der Waals surface area contributed by atoms with Crippen LogP contribution in [0.4, 0.5) is 10.5 Å². The van der Waals surface area contributed by atoms with Gasteiger partial charge in [0.25, 0.3) is 0 Å². The minimum atomic E-state index is -3.56. The van der Waals surface area contributed by atoms with E-state index in [-0.39, 0.29) is 23.6 Å². The van der Waals surface area contributed by atoms with Crippen molar-refractivity contribution in [2.24, 2.45) is 0 Å². The van der Waals surface area contributed by atoms with Gasteiger partial charge >= 0.3 is 16.1 Å². The summed E-state index contributed by atoms with van der Waals surface area (Å²) < 4.78 is 28.1. The molecule has 0 radical (unpaired) electrons. The molecule has 1 atom stereocenters. The van der Waals surface area contributed by atoms with Gasteiger partial charge in [0.2, 0.25) is 0 Å². The fourth-order valence-electron chi connectivity index (χ4n) is 2.43. The van der Waals surface area contributed by atoms with Crippen molar-refractivity contribution >= 4 is 33.4 Å². The number of rotatable bonds is 8. The molecule has 0 aromatic heterocycles. The van der Waals surface area contributed by atoms with E-state index < -0.39 is 10.1 Å². The maximum absolute atomic E-state index is 12.8. The third kappa shape index (κ3) is 6.42. The number of anilines is 1. The summed E-state index contributed by atoms with van der Waals surface area (Å²) in [6.07, 6.45) is 0.796. The van der Waals surface area contributed by atoms with E-state index in [4.69, 9.17) is 15.8 Å². The Morgan fingerprint density at radius 2 is 1.71 bits per heavy atom. The maximum Gasteiger partial charge on any atom is 0.322 e. The predicted octanol–water partition coefficient (Wildman–Crippen LogP) is 4.90. The number of carbonyl (C=O) groups is 1. The maximum atomic E-state index is 12.8. The molecule has 152 valence electrons. The standard InChI is InChI=1S/C20H25ClN2O4S/c1-4-15(3)23(20(24)22-18-10-8-17(21)9-11-18)14-16-6-12-19(13-7-16)27-28(25,26)5-2/h6-13,15H,4-5,14H2,1-3H3,(H,22,24)/t15-/m0/s1. The molecular weight excluding hydrogens is 400 g/mol. The van der Waals surface area contributed by atoms with E-state index in [2.05, 4.69) is 5.32 Å². The predicted molar refractivity (Wildman–Crippen MR) is 112 cm³/mol. The van der Waals surface area contributed by atoms with Gasteiger partial charge in [-0.15, -0.1) is 0 Å². The van der Waals surface area contributed by atoms with Gasteiger partial charge in [-0.25, -0.2) is 4.79 Å². The lowest BCUT2D eigenvalue weighted by molar-refractivity contribution is 0.187. The summed E-state index contributed by atoms with van der Waals surface area (Å²) in [5.74, 6) is 0.160. The summed E-state index contributed by atoms with van der Waals surface area (Å²) in [5.41, 5.74) is 1.53. The first-order valence-electron chi connectivity index (χ1n) is 9.08. The van der Waals surface area contributed by atoms with Crippen molar-refractivity contribution in [3.05, 3.63) is 59.1 Å². The van der Waals surface area contributed by atoms with Gasteiger partial charge in [-0.05, 0) is 62.2 Å². The summed E-state index contributed by atoms with van der Waals surface area (Å²) in [7, 11) is -3.56. The Bertz CT molecular complexity index is 883. The molecule has 0 heterocycles. The van der Waals surface area contributed by atoms with Crippen LogP contribution < -0.4 is 9.50 Å². The van der Waals surface area contributed by atoms with Crippen molar-refractivity contribution in [1.29, 1.82) is 0 Å². The normalized spacial score (nSPS) is 12.3. The zero-order chi connectivity index (χ0) is 20.7. The second kappa shape index (κ2) is 9.80. The number of benzene rings is 2. The molecule has 0 bridgehead atoms. The number of amides is 2. The summed E-state index contributed by atoms with van der Waals surface area (Å²) in [4.78, 5) is 14.5. The fraction of sp³-hybridized carbons (Fsp3) is 0.350. The highest BCUT2D eigenvalue weighted by Crippen LogP contribution is 2.19. The molecule has 0 aliphatic carbocycles. The lowest BCUT2D eigenvalue weighted by Crippen LogP contribution is -2.40. The molecule has 2 amide bonds. The first kappa shape index (κ1) is 22.0. The first-order chi connectivity index (χ1) is 13.2. The first-order valence-corrected chi connectivity index (χ1v) is 11.0. The SMILES string of the molecule is CC[C@H](C)N(Cc1ccc(OS(=O)(=O)CC)cc1)C(=O)Nc1ccc(Cl)cc1. The molecule has 8 heteroatoms. The van der Waals surface area contributed by atoms with Crippen molar-refractivity contribution < 1.29 is 17.4 Å². The van der Waals surface area contributed by atoms with E-state index in [1.165, 1.54) is 6.92 Å². The topological polar surface area (TPSA) is 75.7 Å². The number of halogens is 1. The van der Waals surface area contributed by atoms with Crippen molar-refractivity contribution in [3.63, 3.8) is 0 Å². The van der Waals surface area contributed by atoms with E-state index >= 15 is 0 Å². The van der Waals surface area contributed by atoms with Gasteiger partial charge in [0.1, 0.15) is 5.75 Å². The van der Waals surface area contributed by atoms with Gasteiger partial charge in [0.15, 0.2) is 0 Å². The highest BCUT2D eigenvalue weighted by molar-refractivity contribution is 7.87. The molecule has 0 aliphatic rings. The van der Waals surface area contributed by atoms with Gasteiger partial charge < -0.3 is 14.4 Å². The highest BCUT2D eigenvalue weighted by Gasteiger charge is 2.20. The van der Waals surface area contributed by atoms with Crippen LogP contribution in [0.15, 0.2) is 48.5 Å². The number of hydrogen-bond acceptors (Lipinski definition) is 4. The van der Waals surface area contributed by atoms with Gasteiger partial charge in [0.05, 0.1) is 5.75 Å². The zero-order valence-electron chi connectivity index (χ0n) is 16.2. The average Bonchev–Trinajstić information content (AvgIpc) is 2.68. The Morgan fingerprint density at radius 1 is 1.11 bits per heavy atom. The minimum absolute atomic E-state index is 0.0173. The summed E-state index contributed by atoms with van der Waals surface area (Å²) in [6, 6.07) is 13.4. The highest BCUT2D eigenvalue weighted by atomic mass is 35.5. The number of nitrogens with zero attached hydrogens (tertiary/aromatic N) is 1. The van der Waals surface area contributed by atoms with Crippen LogP contribution in [0.25, 0.3) is 0 Å². The van der Waals surface area contributed by atoms with E-state index in [0.717, 1.165) is 12.0 Å². The van der Waals surface area contributed by atoms with E-state index in [1.54, 1.807) is 53.4 Å². The number of hydrogen-bond donors (Lipinski definition) is 1. The molecular formula is C20H25ClN2O4S. The van der Waals surface area contributed by atoms with Gasteiger partial charge in [-0.1, -0.05) is 30.7 Å². The monoisotopic (exact) mass is 424 g/mol. The second-order valence-corrected chi connectivity index (χ2v) is 8.69. The van der Waals surface area contributed by atoms with E-state index in [1.807, 2.05) is 13.8 Å². The van der Waals surface area contributed by atoms with Crippen LogP contribution in [0, 0.1) is 0 Å². The van der Waals surface area contributed by atoms with E-state index in [9.17, 15) is 13.2 Å². The van der Waals surface area contributed by atoms with Crippen LogP contribution in [-0.2, 0) is 16.7 Å². The van der Waals surface area contributed by atoms with Crippen molar-refractivity contribution in [2.75, 3.05) is 11.1 Å².